The average molecular weight is 550 g/mol. The predicted octanol–water partition coefficient (Wildman–Crippen LogP) is 5.57. The summed E-state index contributed by atoms with van der Waals surface area (Å²) < 4.78 is 50.1. The lowest BCUT2D eigenvalue weighted by Gasteiger charge is -2.12. The van der Waals surface area contributed by atoms with E-state index in [-0.39, 0.29) is 17.4 Å². The molecule has 0 spiro atoms. The number of nitrogens with one attached hydrogen (secondary N) is 2. The number of carbonyl (C=O) groups excluding carboxylic acids is 1. The number of imidazole rings is 1. The van der Waals surface area contributed by atoms with Crippen LogP contribution in [0, 0.1) is 0 Å². The maximum absolute atomic E-state index is 12.4. The Morgan fingerprint density at radius 3 is 2.60 bits per heavy atom. The molecule has 1 amide bonds. The van der Waals surface area contributed by atoms with Crippen molar-refractivity contribution in [3.05, 3.63) is 64.9 Å². The molecule has 0 unspecified atom stereocenters. The number of anilines is 2. The number of alkyl halides is 3. The second-order valence-electron chi connectivity index (χ2n) is 7.38. The summed E-state index contributed by atoms with van der Waals surface area (Å²) in [6, 6.07) is 13.2. The van der Waals surface area contributed by atoms with Gasteiger partial charge in [0, 0.05) is 38.1 Å². The van der Waals surface area contributed by atoms with Crippen LogP contribution in [0.1, 0.15) is 10.5 Å². The molecular formula is C23H19BrF3N5O3. The van der Waals surface area contributed by atoms with Crippen LogP contribution in [-0.4, -0.2) is 40.3 Å². The minimum Gasteiger partial charge on any atom is -0.483 e. The fraction of sp³-hybridized carbons (Fsp3) is 0.174. The number of rotatable bonds is 7. The second kappa shape index (κ2) is 9.82. The van der Waals surface area contributed by atoms with Crippen LogP contribution in [0.25, 0.3) is 11.0 Å². The lowest BCUT2D eigenvalue weighted by molar-refractivity contribution is -0.153. The molecule has 182 valence electrons. The highest BCUT2D eigenvalue weighted by molar-refractivity contribution is 9.10. The molecule has 0 bridgehead atoms. The number of halogens is 4. The molecule has 2 aromatic heterocycles. The van der Waals surface area contributed by atoms with E-state index >= 15 is 0 Å². The molecule has 2 heterocycles. The van der Waals surface area contributed by atoms with Crippen molar-refractivity contribution >= 4 is 44.5 Å². The van der Waals surface area contributed by atoms with Crippen molar-refractivity contribution in [2.75, 3.05) is 19.0 Å². The molecule has 2 N–H and O–H groups in total. The van der Waals surface area contributed by atoms with E-state index in [1.54, 1.807) is 30.3 Å². The van der Waals surface area contributed by atoms with Crippen molar-refractivity contribution in [1.29, 1.82) is 0 Å². The zero-order valence-electron chi connectivity index (χ0n) is 18.5. The standard InChI is InChI=1S/C23H19BrF3N5O3/c1-28-21(33)18-11-15(7-8-29-18)35-14-4-5-19-17(10-14)31-22(32(19)2)30-13-3-6-20(16(24)9-13)34-12-23(25,26)27/h3-11H,12H2,1-2H3,(H,28,33)(H,30,31). The van der Waals surface area contributed by atoms with Gasteiger partial charge in [-0.25, -0.2) is 4.98 Å². The number of aryl methyl sites for hydroxylation is 1. The summed E-state index contributed by atoms with van der Waals surface area (Å²) in [4.78, 5) is 20.4. The van der Waals surface area contributed by atoms with Gasteiger partial charge in [-0.2, -0.15) is 13.2 Å². The van der Waals surface area contributed by atoms with Crippen LogP contribution in [0.15, 0.2) is 59.2 Å². The Balaban J connectivity index is 1.52. The van der Waals surface area contributed by atoms with Gasteiger partial charge < -0.3 is 24.7 Å². The number of fused-ring (bicyclic) bond motifs is 1. The quantitative estimate of drug-likeness (QED) is 0.313. The molecule has 0 radical (unpaired) electrons. The monoisotopic (exact) mass is 549 g/mol. The van der Waals surface area contributed by atoms with Gasteiger partial charge in [0.25, 0.3) is 5.91 Å². The molecule has 4 rings (SSSR count). The Bertz CT molecular complexity index is 1390. The molecule has 0 aliphatic carbocycles. The molecule has 0 aliphatic rings. The van der Waals surface area contributed by atoms with Gasteiger partial charge in [-0.05, 0) is 52.3 Å². The first-order valence-electron chi connectivity index (χ1n) is 10.2. The first kappa shape index (κ1) is 24.3. The van der Waals surface area contributed by atoms with Gasteiger partial charge in [-0.1, -0.05) is 0 Å². The molecule has 35 heavy (non-hydrogen) atoms. The highest BCUT2D eigenvalue weighted by Gasteiger charge is 2.28. The smallest absolute Gasteiger partial charge is 0.422 e. The van der Waals surface area contributed by atoms with Gasteiger partial charge in [0.2, 0.25) is 5.95 Å². The number of carbonyl (C=O) groups is 1. The number of aromatic nitrogens is 3. The number of hydrogen-bond acceptors (Lipinski definition) is 6. The highest BCUT2D eigenvalue weighted by atomic mass is 79.9. The number of hydrogen-bond donors (Lipinski definition) is 2. The summed E-state index contributed by atoms with van der Waals surface area (Å²) in [5.41, 5.74) is 2.31. The molecule has 2 aromatic carbocycles. The normalized spacial score (nSPS) is 11.4. The predicted molar refractivity (Wildman–Crippen MR) is 127 cm³/mol. The Labute approximate surface area is 206 Å². The van der Waals surface area contributed by atoms with E-state index in [0.29, 0.717) is 33.1 Å². The minimum absolute atomic E-state index is 0.0790. The first-order chi connectivity index (χ1) is 16.6. The number of nitrogens with zero attached hydrogens (tertiary/aromatic N) is 3. The third kappa shape index (κ3) is 5.83. The van der Waals surface area contributed by atoms with Crippen LogP contribution in [0.3, 0.4) is 0 Å². The van der Waals surface area contributed by atoms with Crippen molar-refractivity contribution < 1.29 is 27.4 Å². The fourth-order valence-electron chi connectivity index (χ4n) is 3.20. The Morgan fingerprint density at radius 2 is 1.89 bits per heavy atom. The summed E-state index contributed by atoms with van der Waals surface area (Å²) in [5.74, 6) is 1.24. The Kier molecular flexibility index (Phi) is 6.83. The van der Waals surface area contributed by atoms with E-state index in [4.69, 9.17) is 9.47 Å². The van der Waals surface area contributed by atoms with Crippen LogP contribution < -0.4 is 20.1 Å². The van der Waals surface area contributed by atoms with Crippen molar-refractivity contribution in [3.63, 3.8) is 0 Å². The van der Waals surface area contributed by atoms with E-state index < -0.39 is 12.8 Å². The van der Waals surface area contributed by atoms with E-state index in [1.807, 2.05) is 17.7 Å². The third-order valence-corrected chi connectivity index (χ3v) is 5.48. The first-order valence-corrected chi connectivity index (χ1v) is 11.0. The van der Waals surface area contributed by atoms with E-state index in [1.165, 1.54) is 25.4 Å². The van der Waals surface area contributed by atoms with Crippen LogP contribution >= 0.6 is 15.9 Å². The second-order valence-corrected chi connectivity index (χ2v) is 8.23. The summed E-state index contributed by atoms with van der Waals surface area (Å²) in [6.45, 7) is -1.37. The van der Waals surface area contributed by atoms with Crippen molar-refractivity contribution in [3.8, 4) is 17.2 Å². The molecular weight excluding hydrogens is 531 g/mol. The molecule has 0 fully saturated rings. The lowest BCUT2D eigenvalue weighted by Crippen LogP contribution is -2.19. The molecule has 12 heteroatoms. The van der Waals surface area contributed by atoms with Crippen molar-refractivity contribution in [2.24, 2.45) is 7.05 Å². The summed E-state index contributed by atoms with van der Waals surface area (Å²) in [7, 11) is 3.35. The van der Waals surface area contributed by atoms with Crippen LogP contribution in [-0.2, 0) is 7.05 Å². The van der Waals surface area contributed by atoms with Gasteiger partial charge in [0.15, 0.2) is 6.61 Å². The van der Waals surface area contributed by atoms with Crippen molar-refractivity contribution in [2.45, 2.75) is 6.18 Å². The summed E-state index contributed by atoms with van der Waals surface area (Å²) >= 11 is 3.24. The average Bonchev–Trinajstić information content (AvgIpc) is 3.12. The zero-order valence-corrected chi connectivity index (χ0v) is 20.1. The molecule has 4 aromatic rings. The minimum atomic E-state index is -4.42. The molecule has 0 saturated heterocycles. The van der Waals surface area contributed by atoms with Crippen LogP contribution in [0.2, 0.25) is 0 Å². The van der Waals surface area contributed by atoms with Crippen LogP contribution in [0.5, 0.6) is 17.2 Å². The Morgan fingerprint density at radius 1 is 1.11 bits per heavy atom. The van der Waals surface area contributed by atoms with Crippen LogP contribution in [0.4, 0.5) is 24.8 Å². The Hall–Kier alpha value is -3.80. The summed E-state index contributed by atoms with van der Waals surface area (Å²) in [6.07, 6.45) is -2.94. The maximum Gasteiger partial charge on any atom is 0.422 e. The van der Waals surface area contributed by atoms with Crippen molar-refractivity contribution in [1.82, 2.24) is 19.9 Å². The highest BCUT2D eigenvalue weighted by Crippen LogP contribution is 2.32. The number of ether oxygens (including phenoxy) is 2. The fourth-order valence-corrected chi connectivity index (χ4v) is 3.70. The molecule has 0 aliphatic heterocycles. The zero-order chi connectivity index (χ0) is 25.2. The van der Waals surface area contributed by atoms with Gasteiger partial charge in [0.1, 0.15) is 22.9 Å². The van der Waals surface area contributed by atoms with E-state index in [0.717, 1.165) is 5.52 Å². The van der Waals surface area contributed by atoms with Gasteiger partial charge in [0.05, 0.1) is 15.5 Å². The summed E-state index contributed by atoms with van der Waals surface area (Å²) in [5, 5.41) is 5.66. The topological polar surface area (TPSA) is 90.3 Å². The number of pyridine rings is 1. The largest absolute Gasteiger partial charge is 0.483 e. The maximum atomic E-state index is 12.4. The lowest BCUT2D eigenvalue weighted by atomic mass is 10.3. The number of amides is 1. The third-order valence-electron chi connectivity index (χ3n) is 4.86. The molecule has 0 saturated carbocycles. The van der Waals surface area contributed by atoms with Gasteiger partial charge >= 0.3 is 6.18 Å². The van der Waals surface area contributed by atoms with E-state index in [2.05, 4.69) is 36.5 Å². The molecule has 0 atom stereocenters. The number of benzene rings is 2. The van der Waals surface area contributed by atoms with E-state index in [9.17, 15) is 18.0 Å². The van der Waals surface area contributed by atoms with Gasteiger partial charge in [-0.3, -0.25) is 9.78 Å². The molecule has 8 nitrogen and oxygen atoms in total. The van der Waals surface area contributed by atoms with Gasteiger partial charge in [-0.15, -0.1) is 0 Å². The SMILES string of the molecule is CNC(=O)c1cc(Oc2ccc3c(c2)nc(Nc2ccc(OCC(F)(F)F)c(Br)c2)n3C)ccn1.